The molecule has 0 saturated carbocycles. The van der Waals surface area contributed by atoms with Crippen LogP contribution in [-0.2, 0) is 6.54 Å². The number of carboxylic acids is 1. The van der Waals surface area contributed by atoms with Gasteiger partial charge in [-0.3, -0.25) is 0 Å². The Morgan fingerprint density at radius 1 is 1.42 bits per heavy atom. The molecule has 0 atom stereocenters. The predicted molar refractivity (Wildman–Crippen MR) is 76.1 cm³/mol. The standard InChI is InChI=1S/C15H20N2O2/c1-3-4-5-6-14-16-13-9-11(15(18)19)7-8-12(13)10-17(14)2/h7-9H,3-6,10H2,1-2H3,(H,18,19). The van der Waals surface area contributed by atoms with Crippen LogP contribution in [-0.4, -0.2) is 28.9 Å². The van der Waals surface area contributed by atoms with Crippen LogP contribution in [0.25, 0.3) is 0 Å². The van der Waals surface area contributed by atoms with Crippen molar-refractivity contribution in [1.29, 1.82) is 0 Å². The molecule has 1 heterocycles. The Bertz CT molecular complexity index is 509. The van der Waals surface area contributed by atoms with Crippen molar-refractivity contribution in [2.24, 2.45) is 4.99 Å². The van der Waals surface area contributed by atoms with Crippen LogP contribution in [0.5, 0.6) is 0 Å². The first kappa shape index (κ1) is 13.6. The maximum absolute atomic E-state index is 11.0. The van der Waals surface area contributed by atoms with E-state index in [4.69, 9.17) is 5.11 Å². The van der Waals surface area contributed by atoms with Gasteiger partial charge in [0.1, 0.15) is 5.84 Å². The molecule has 1 aromatic rings. The zero-order chi connectivity index (χ0) is 13.8. The number of aliphatic imine (C=N–C) groups is 1. The summed E-state index contributed by atoms with van der Waals surface area (Å²) in [7, 11) is 2.04. The average molecular weight is 260 g/mol. The van der Waals surface area contributed by atoms with Crippen LogP contribution >= 0.6 is 0 Å². The van der Waals surface area contributed by atoms with Gasteiger partial charge in [0.05, 0.1) is 11.3 Å². The molecule has 0 radical (unpaired) electrons. The van der Waals surface area contributed by atoms with Gasteiger partial charge in [-0.2, -0.15) is 0 Å². The van der Waals surface area contributed by atoms with E-state index < -0.39 is 5.97 Å². The van der Waals surface area contributed by atoms with Gasteiger partial charge < -0.3 is 10.0 Å². The Morgan fingerprint density at radius 2 is 2.21 bits per heavy atom. The number of aromatic carboxylic acids is 1. The van der Waals surface area contributed by atoms with Crippen molar-refractivity contribution in [3.63, 3.8) is 0 Å². The summed E-state index contributed by atoms with van der Waals surface area (Å²) >= 11 is 0. The van der Waals surface area contributed by atoms with Crippen LogP contribution in [0.15, 0.2) is 23.2 Å². The van der Waals surface area contributed by atoms with Crippen molar-refractivity contribution in [2.45, 2.75) is 39.2 Å². The monoisotopic (exact) mass is 260 g/mol. The number of hydrogen-bond acceptors (Lipinski definition) is 3. The molecule has 0 aromatic heterocycles. The molecule has 0 aliphatic carbocycles. The average Bonchev–Trinajstić information content (AvgIpc) is 2.39. The summed E-state index contributed by atoms with van der Waals surface area (Å²) < 4.78 is 0. The molecule has 19 heavy (non-hydrogen) atoms. The Labute approximate surface area is 113 Å². The van der Waals surface area contributed by atoms with Crippen molar-refractivity contribution >= 4 is 17.5 Å². The van der Waals surface area contributed by atoms with E-state index in [1.165, 1.54) is 12.8 Å². The van der Waals surface area contributed by atoms with Crippen LogP contribution in [0.1, 0.15) is 48.5 Å². The highest BCUT2D eigenvalue weighted by Gasteiger charge is 2.17. The van der Waals surface area contributed by atoms with Crippen molar-refractivity contribution < 1.29 is 9.90 Å². The minimum atomic E-state index is -0.899. The van der Waals surface area contributed by atoms with Crippen molar-refractivity contribution in [2.75, 3.05) is 7.05 Å². The molecule has 1 aromatic carbocycles. The predicted octanol–water partition coefficient (Wildman–Crippen LogP) is 3.44. The summed E-state index contributed by atoms with van der Waals surface area (Å²) in [6, 6.07) is 5.18. The van der Waals surface area contributed by atoms with E-state index in [1.807, 2.05) is 13.1 Å². The quantitative estimate of drug-likeness (QED) is 0.825. The smallest absolute Gasteiger partial charge is 0.335 e. The first-order valence-corrected chi connectivity index (χ1v) is 6.76. The summed E-state index contributed by atoms with van der Waals surface area (Å²) in [6.07, 6.45) is 4.49. The number of rotatable bonds is 5. The molecule has 0 fully saturated rings. The first-order chi connectivity index (χ1) is 9.11. The van der Waals surface area contributed by atoms with E-state index in [2.05, 4.69) is 16.8 Å². The van der Waals surface area contributed by atoms with E-state index in [1.54, 1.807) is 12.1 Å². The lowest BCUT2D eigenvalue weighted by atomic mass is 10.1. The minimum Gasteiger partial charge on any atom is -0.478 e. The number of benzene rings is 1. The number of fused-ring (bicyclic) bond motifs is 1. The van der Waals surface area contributed by atoms with Crippen molar-refractivity contribution in [1.82, 2.24) is 4.90 Å². The number of carbonyl (C=O) groups is 1. The van der Waals surface area contributed by atoms with E-state index in [9.17, 15) is 4.79 Å². The van der Waals surface area contributed by atoms with E-state index in [0.29, 0.717) is 5.56 Å². The second-order valence-corrected chi connectivity index (χ2v) is 4.99. The fraction of sp³-hybridized carbons (Fsp3) is 0.467. The Morgan fingerprint density at radius 3 is 2.89 bits per heavy atom. The molecule has 1 aliphatic heterocycles. The summed E-state index contributed by atoms with van der Waals surface area (Å²) in [5.74, 6) is 0.160. The number of unbranched alkanes of at least 4 members (excludes halogenated alkanes) is 2. The van der Waals surface area contributed by atoms with Gasteiger partial charge in [0.2, 0.25) is 0 Å². The normalized spacial score (nSPS) is 14.0. The molecule has 2 rings (SSSR count). The van der Waals surface area contributed by atoms with E-state index in [0.717, 1.165) is 36.5 Å². The molecule has 1 aliphatic rings. The lowest BCUT2D eigenvalue weighted by molar-refractivity contribution is 0.0697. The molecule has 0 unspecified atom stereocenters. The third kappa shape index (κ3) is 3.13. The van der Waals surface area contributed by atoms with Crippen LogP contribution in [0.2, 0.25) is 0 Å². The van der Waals surface area contributed by atoms with Crippen molar-refractivity contribution in [3.8, 4) is 0 Å². The van der Waals surface area contributed by atoms with E-state index >= 15 is 0 Å². The molecule has 0 bridgehead atoms. The lowest BCUT2D eigenvalue weighted by Gasteiger charge is -2.27. The first-order valence-electron chi connectivity index (χ1n) is 6.76. The van der Waals surface area contributed by atoms with Gasteiger partial charge in [-0.1, -0.05) is 25.8 Å². The van der Waals surface area contributed by atoms with Gasteiger partial charge in [-0.25, -0.2) is 9.79 Å². The van der Waals surface area contributed by atoms with E-state index in [-0.39, 0.29) is 0 Å². The third-order valence-corrected chi connectivity index (χ3v) is 3.43. The summed E-state index contributed by atoms with van der Waals surface area (Å²) in [5, 5.41) is 9.02. The van der Waals surface area contributed by atoms with Crippen LogP contribution in [0.4, 0.5) is 5.69 Å². The van der Waals surface area contributed by atoms with Crippen LogP contribution in [0.3, 0.4) is 0 Å². The molecule has 102 valence electrons. The molecule has 1 N–H and O–H groups in total. The largest absolute Gasteiger partial charge is 0.478 e. The van der Waals surface area contributed by atoms with Gasteiger partial charge >= 0.3 is 5.97 Å². The number of carboxylic acid groups (broad SMARTS) is 1. The number of amidine groups is 1. The zero-order valence-electron chi connectivity index (χ0n) is 11.5. The maximum atomic E-state index is 11.0. The number of hydrogen-bond donors (Lipinski definition) is 1. The highest BCUT2D eigenvalue weighted by Crippen LogP contribution is 2.28. The summed E-state index contributed by atoms with van der Waals surface area (Å²) in [5.41, 5.74) is 2.20. The molecule has 0 amide bonds. The Kier molecular flexibility index (Phi) is 4.20. The van der Waals surface area contributed by atoms with Gasteiger partial charge in [-0.15, -0.1) is 0 Å². The maximum Gasteiger partial charge on any atom is 0.335 e. The second-order valence-electron chi connectivity index (χ2n) is 4.99. The third-order valence-electron chi connectivity index (χ3n) is 3.43. The van der Waals surface area contributed by atoms with Crippen LogP contribution in [0, 0.1) is 0 Å². The molecular weight excluding hydrogens is 240 g/mol. The fourth-order valence-corrected chi connectivity index (χ4v) is 2.29. The van der Waals surface area contributed by atoms with Gasteiger partial charge in [0.15, 0.2) is 0 Å². The molecule has 4 heteroatoms. The topological polar surface area (TPSA) is 52.9 Å². The van der Waals surface area contributed by atoms with Gasteiger partial charge in [0.25, 0.3) is 0 Å². The lowest BCUT2D eigenvalue weighted by Crippen LogP contribution is -2.28. The second kappa shape index (κ2) is 5.87. The van der Waals surface area contributed by atoms with Crippen LogP contribution < -0.4 is 0 Å². The SMILES string of the molecule is CCCCCC1=Nc2cc(C(=O)O)ccc2CN1C. The summed E-state index contributed by atoms with van der Waals surface area (Å²) in [6.45, 7) is 2.99. The van der Waals surface area contributed by atoms with Gasteiger partial charge in [-0.05, 0) is 24.1 Å². The molecule has 0 spiro atoms. The Hall–Kier alpha value is -1.84. The van der Waals surface area contributed by atoms with Crippen molar-refractivity contribution in [3.05, 3.63) is 29.3 Å². The fourth-order valence-electron chi connectivity index (χ4n) is 2.29. The zero-order valence-corrected chi connectivity index (χ0v) is 11.5. The molecular formula is C15H20N2O2. The highest BCUT2D eigenvalue weighted by molar-refractivity contribution is 5.91. The molecule has 0 saturated heterocycles. The highest BCUT2D eigenvalue weighted by atomic mass is 16.4. The summed E-state index contributed by atoms with van der Waals surface area (Å²) in [4.78, 5) is 17.8. The molecule has 4 nitrogen and oxygen atoms in total. The minimum absolute atomic E-state index is 0.306. The number of nitrogens with zero attached hydrogens (tertiary/aromatic N) is 2. The Balaban J connectivity index is 2.23. The van der Waals surface area contributed by atoms with Gasteiger partial charge in [0, 0.05) is 20.0 Å².